The Morgan fingerprint density at radius 1 is 1.24 bits per heavy atom. The molecule has 0 fully saturated rings. The minimum atomic E-state index is -0.980. The molecule has 0 aliphatic rings. The number of benzene rings is 2. The third-order valence-corrected chi connectivity index (χ3v) is 3.27. The van der Waals surface area contributed by atoms with Gasteiger partial charge >= 0.3 is 5.69 Å². The molecule has 126 valence electrons. The summed E-state index contributed by atoms with van der Waals surface area (Å²) in [5.74, 6) is -1.30. The summed E-state index contributed by atoms with van der Waals surface area (Å²) in [7, 11) is 0. The highest BCUT2D eigenvalue weighted by molar-refractivity contribution is 5.92. The fourth-order valence-corrected chi connectivity index (χ4v) is 2.16. The van der Waals surface area contributed by atoms with Crippen molar-refractivity contribution < 1.29 is 18.8 Å². The standard InChI is InChI=1S/C16H11FN4O4/c17-12-6-5-10(7-14(12)21(23)24)20-15(22)8-25-16-11-3-1-2-4-13(11)18-9-19-16/h1-7,9H,8H2,(H,20,22). The Kier molecular flexibility index (Phi) is 4.46. The van der Waals surface area contributed by atoms with Gasteiger partial charge in [0.25, 0.3) is 5.91 Å². The monoisotopic (exact) mass is 342 g/mol. The molecule has 1 aromatic heterocycles. The molecule has 0 aliphatic carbocycles. The lowest BCUT2D eigenvalue weighted by Gasteiger charge is -2.08. The van der Waals surface area contributed by atoms with Gasteiger partial charge in [0.1, 0.15) is 6.33 Å². The number of hydrogen-bond donors (Lipinski definition) is 1. The molecule has 1 heterocycles. The van der Waals surface area contributed by atoms with Crippen molar-refractivity contribution in [2.24, 2.45) is 0 Å². The lowest BCUT2D eigenvalue weighted by molar-refractivity contribution is -0.387. The van der Waals surface area contributed by atoms with Gasteiger partial charge in [0.15, 0.2) is 6.61 Å². The van der Waals surface area contributed by atoms with E-state index in [0.717, 1.165) is 12.1 Å². The molecule has 0 spiro atoms. The predicted molar refractivity (Wildman–Crippen MR) is 86.7 cm³/mol. The van der Waals surface area contributed by atoms with Gasteiger partial charge in [-0.15, -0.1) is 0 Å². The number of nitro benzene ring substituents is 1. The van der Waals surface area contributed by atoms with Crippen LogP contribution < -0.4 is 10.1 Å². The summed E-state index contributed by atoms with van der Waals surface area (Å²) in [5, 5.41) is 13.8. The SMILES string of the molecule is O=C(COc1ncnc2ccccc12)Nc1ccc(F)c([N+](=O)[O-])c1. The Hall–Kier alpha value is -3.62. The third-order valence-electron chi connectivity index (χ3n) is 3.27. The number of carbonyl (C=O) groups excluding carboxylic acids is 1. The van der Waals surface area contributed by atoms with Gasteiger partial charge in [-0.3, -0.25) is 14.9 Å². The number of nitrogens with zero attached hydrogens (tertiary/aromatic N) is 3. The second-order valence-corrected chi connectivity index (χ2v) is 4.96. The summed E-state index contributed by atoms with van der Waals surface area (Å²) in [6.07, 6.45) is 1.32. The lowest BCUT2D eigenvalue weighted by Crippen LogP contribution is -2.20. The first-order valence-corrected chi connectivity index (χ1v) is 7.11. The van der Waals surface area contributed by atoms with Gasteiger partial charge < -0.3 is 10.1 Å². The molecule has 1 N–H and O–H groups in total. The Labute approximate surface area is 140 Å². The Morgan fingerprint density at radius 2 is 2.04 bits per heavy atom. The van der Waals surface area contributed by atoms with Gasteiger partial charge in [0.05, 0.1) is 15.8 Å². The van der Waals surface area contributed by atoms with E-state index < -0.39 is 22.3 Å². The van der Waals surface area contributed by atoms with Crippen molar-refractivity contribution in [3.63, 3.8) is 0 Å². The molecule has 3 rings (SSSR count). The second kappa shape index (κ2) is 6.87. The quantitative estimate of drug-likeness (QED) is 0.564. The molecule has 0 radical (unpaired) electrons. The van der Waals surface area contributed by atoms with Crippen LogP contribution in [0.1, 0.15) is 0 Å². The number of nitro groups is 1. The van der Waals surface area contributed by atoms with E-state index in [1.54, 1.807) is 18.2 Å². The molecule has 0 atom stereocenters. The maximum atomic E-state index is 13.3. The zero-order valence-electron chi connectivity index (χ0n) is 12.7. The molecule has 1 amide bonds. The van der Waals surface area contributed by atoms with Crippen molar-refractivity contribution in [3.05, 3.63) is 64.7 Å². The summed E-state index contributed by atoms with van der Waals surface area (Å²) < 4.78 is 18.7. The van der Waals surface area contributed by atoms with Gasteiger partial charge in [-0.05, 0) is 24.3 Å². The van der Waals surface area contributed by atoms with E-state index in [9.17, 15) is 19.3 Å². The van der Waals surface area contributed by atoms with E-state index >= 15 is 0 Å². The molecule has 9 heteroatoms. The van der Waals surface area contributed by atoms with Crippen molar-refractivity contribution in [1.29, 1.82) is 0 Å². The van der Waals surface area contributed by atoms with Crippen molar-refractivity contribution in [2.45, 2.75) is 0 Å². The normalized spacial score (nSPS) is 10.4. The Morgan fingerprint density at radius 3 is 2.84 bits per heavy atom. The summed E-state index contributed by atoms with van der Waals surface area (Å²) in [4.78, 5) is 29.8. The fourth-order valence-electron chi connectivity index (χ4n) is 2.16. The number of fused-ring (bicyclic) bond motifs is 1. The molecule has 2 aromatic carbocycles. The summed E-state index contributed by atoms with van der Waals surface area (Å²) in [5.41, 5.74) is 0.0387. The van der Waals surface area contributed by atoms with Crippen LogP contribution in [0.3, 0.4) is 0 Å². The first kappa shape index (κ1) is 16.2. The highest BCUT2D eigenvalue weighted by Crippen LogP contribution is 2.22. The number of anilines is 1. The number of ether oxygens (including phenoxy) is 1. The molecule has 0 bridgehead atoms. The number of amides is 1. The molecule has 8 nitrogen and oxygen atoms in total. The molecular formula is C16H11FN4O4. The van der Waals surface area contributed by atoms with Crippen molar-refractivity contribution in [2.75, 3.05) is 11.9 Å². The minimum Gasteiger partial charge on any atom is -0.467 e. The van der Waals surface area contributed by atoms with E-state index in [2.05, 4.69) is 15.3 Å². The van der Waals surface area contributed by atoms with Gasteiger partial charge in [0, 0.05) is 11.8 Å². The fraction of sp³-hybridized carbons (Fsp3) is 0.0625. The maximum absolute atomic E-state index is 13.3. The van der Waals surface area contributed by atoms with Gasteiger partial charge in [-0.2, -0.15) is 4.39 Å². The van der Waals surface area contributed by atoms with Crippen molar-refractivity contribution in [3.8, 4) is 5.88 Å². The van der Waals surface area contributed by atoms with E-state index in [4.69, 9.17) is 4.74 Å². The first-order valence-electron chi connectivity index (χ1n) is 7.11. The van der Waals surface area contributed by atoms with Gasteiger partial charge in [0.2, 0.25) is 11.7 Å². The average molecular weight is 342 g/mol. The highest BCUT2D eigenvalue weighted by atomic mass is 19.1. The summed E-state index contributed by atoms with van der Waals surface area (Å²) >= 11 is 0. The predicted octanol–water partition coefficient (Wildman–Crippen LogP) is 2.69. The van der Waals surface area contributed by atoms with Crippen LogP contribution in [0.15, 0.2) is 48.8 Å². The summed E-state index contributed by atoms with van der Waals surface area (Å²) in [6, 6.07) is 10.2. The van der Waals surface area contributed by atoms with Crippen LogP contribution in [0.2, 0.25) is 0 Å². The van der Waals surface area contributed by atoms with Crippen LogP contribution in [0.25, 0.3) is 10.9 Å². The maximum Gasteiger partial charge on any atom is 0.306 e. The van der Waals surface area contributed by atoms with Crippen LogP contribution in [-0.2, 0) is 4.79 Å². The number of carbonyl (C=O) groups is 1. The molecule has 0 saturated carbocycles. The van der Waals surface area contributed by atoms with Gasteiger partial charge in [-0.25, -0.2) is 9.97 Å². The van der Waals surface area contributed by atoms with Crippen LogP contribution in [0.4, 0.5) is 15.8 Å². The topological polar surface area (TPSA) is 107 Å². The number of rotatable bonds is 5. The molecule has 3 aromatic rings. The largest absolute Gasteiger partial charge is 0.467 e. The smallest absolute Gasteiger partial charge is 0.306 e. The van der Waals surface area contributed by atoms with Crippen molar-refractivity contribution >= 4 is 28.2 Å². The van der Waals surface area contributed by atoms with Gasteiger partial charge in [-0.1, -0.05) is 12.1 Å². The van der Waals surface area contributed by atoms with Crippen LogP contribution in [0.5, 0.6) is 5.88 Å². The van der Waals surface area contributed by atoms with E-state index in [-0.39, 0.29) is 18.2 Å². The second-order valence-electron chi connectivity index (χ2n) is 4.96. The Bertz CT molecular complexity index is 959. The third kappa shape index (κ3) is 3.66. The molecule has 25 heavy (non-hydrogen) atoms. The molecule has 0 unspecified atom stereocenters. The number of aromatic nitrogens is 2. The van der Waals surface area contributed by atoms with Crippen molar-refractivity contribution in [1.82, 2.24) is 9.97 Å². The molecule has 0 aliphatic heterocycles. The average Bonchev–Trinajstić information content (AvgIpc) is 2.61. The van der Waals surface area contributed by atoms with Crippen LogP contribution >= 0.6 is 0 Å². The lowest BCUT2D eigenvalue weighted by atomic mass is 10.2. The highest BCUT2D eigenvalue weighted by Gasteiger charge is 2.15. The minimum absolute atomic E-state index is 0.0919. The van der Waals surface area contributed by atoms with E-state index in [1.165, 1.54) is 12.4 Å². The number of para-hydroxylation sites is 1. The number of halogens is 1. The van der Waals surface area contributed by atoms with Crippen LogP contribution in [-0.4, -0.2) is 27.4 Å². The number of nitrogens with one attached hydrogen (secondary N) is 1. The molecule has 0 saturated heterocycles. The molecular weight excluding hydrogens is 331 g/mol. The zero-order valence-corrected chi connectivity index (χ0v) is 12.7. The summed E-state index contributed by atoms with van der Waals surface area (Å²) in [6.45, 7) is -0.369. The zero-order chi connectivity index (χ0) is 17.8. The Balaban J connectivity index is 1.69. The van der Waals surface area contributed by atoms with E-state index in [1.807, 2.05) is 6.07 Å². The number of hydrogen-bond acceptors (Lipinski definition) is 6. The van der Waals surface area contributed by atoms with Crippen LogP contribution in [0, 0.1) is 15.9 Å². The first-order chi connectivity index (χ1) is 12.0. The van der Waals surface area contributed by atoms with E-state index in [0.29, 0.717) is 10.9 Å².